The van der Waals surface area contributed by atoms with E-state index in [-0.39, 0.29) is 18.3 Å². The molecule has 0 aliphatic carbocycles. The van der Waals surface area contributed by atoms with Crippen LogP contribution in [0.3, 0.4) is 0 Å². The van der Waals surface area contributed by atoms with Gasteiger partial charge in [0.05, 0.1) is 13.2 Å². The zero-order valence-corrected chi connectivity index (χ0v) is 13.0. The van der Waals surface area contributed by atoms with Crippen molar-refractivity contribution in [2.24, 2.45) is 5.73 Å². The molecule has 116 valence electrons. The summed E-state index contributed by atoms with van der Waals surface area (Å²) in [5.41, 5.74) is 6.02. The number of ether oxygens (including phenoxy) is 1. The monoisotopic (exact) mass is 332 g/mol. The van der Waals surface area contributed by atoms with Crippen molar-refractivity contribution in [1.82, 2.24) is 9.71 Å². The number of thiazole rings is 1. The Hall–Kier alpha value is -1.46. The zero-order chi connectivity index (χ0) is 15.3. The number of furan rings is 1. The molecule has 2 aromatic heterocycles. The Kier molecular flexibility index (Phi) is 5.31. The van der Waals surface area contributed by atoms with Crippen LogP contribution >= 0.6 is 11.3 Å². The van der Waals surface area contributed by atoms with E-state index in [1.165, 1.54) is 7.11 Å². The molecule has 0 bridgehead atoms. The lowest BCUT2D eigenvalue weighted by atomic mass is 10.3. The fourth-order valence-electron chi connectivity index (χ4n) is 1.49. The third kappa shape index (κ3) is 4.51. The molecule has 0 aliphatic rings. The third-order valence-electron chi connectivity index (χ3n) is 2.44. The summed E-state index contributed by atoms with van der Waals surface area (Å²) in [7, 11) is -2.16. The second-order valence-corrected chi connectivity index (χ2v) is 6.36. The van der Waals surface area contributed by atoms with Gasteiger partial charge >= 0.3 is 10.2 Å². The smallest absolute Gasteiger partial charge is 0.300 e. The lowest BCUT2D eigenvalue weighted by Gasteiger charge is -2.05. The van der Waals surface area contributed by atoms with Crippen molar-refractivity contribution in [3.63, 3.8) is 0 Å². The lowest BCUT2D eigenvalue weighted by Crippen LogP contribution is -2.32. The van der Waals surface area contributed by atoms with Crippen molar-refractivity contribution in [2.75, 3.05) is 25.0 Å². The van der Waals surface area contributed by atoms with Crippen LogP contribution in [0.25, 0.3) is 11.5 Å². The third-order valence-corrected chi connectivity index (χ3v) is 4.37. The van der Waals surface area contributed by atoms with Crippen molar-refractivity contribution in [1.29, 1.82) is 0 Å². The molecule has 2 heterocycles. The first kappa shape index (κ1) is 15.9. The highest BCUT2D eigenvalue weighted by atomic mass is 32.2. The van der Waals surface area contributed by atoms with E-state index in [0.717, 1.165) is 11.3 Å². The predicted molar refractivity (Wildman–Crippen MR) is 80.1 cm³/mol. The molecule has 4 N–H and O–H groups in total. The van der Waals surface area contributed by atoms with Gasteiger partial charge in [-0.15, -0.1) is 11.3 Å². The first-order chi connectivity index (χ1) is 10.0. The molecule has 2 aromatic rings. The summed E-state index contributed by atoms with van der Waals surface area (Å²) in [6.45, 7) is 0.771. The molecule has 0 atom stereocenters. The molecule has 21 heavy (non-hydrogen) atoms. The van der Waals surface area contributed by atoms with Crippen molar-refractivity contribution in [2.45, 2.75) is 6.54 Å². The van der Waals surface area contributed by atoms with E-state index in [4.69, 9.17) is 14.9 Å². The van der Waals surface area contributed by atoms with Crippen LogP contribution in [0.4, 0.5) is 5.13 Å². The fraction of sp³-hybridized carbons (Fsp3) is 0.364. The van der Waals surface area contributed by atoms with Gasteiger partial charge in [-0.1, -0.05) is 0 Å². The molecule has 0 aliphatic heterocycles. The van der Waals surface area contributed by atoms with E-state index in [9.17, 15) is 8.42 Å². The van der Waals surface area contributed by atoms with Gasteiger partial charge in [0.1, 0.15) is 11.5 Å². The van der Waals surface area contributed by atoms with Crippen LogP contribution in [-0.4, -0.2) is 33.7 Å². The molecule has 0 fully saturated rings. The highest BCUT2D eigenvalue weighted by Gasteiger charge is 2.14. The first-order valence-corrected chi connectivity index (χ1v) is 8.41. The number of rotatable bonds is 8. The molecule has 0 amide bonds. The Labute approximate surface area is 126 Å². The second-order valence-electron chi connectivity index (χ2n) is 4.00. The molecule has 0 radical (unpaired) electrons. The largest absolute Gasteiger partial charge is 0.458 e. The molecule has 2 rings (SSSR count). The summed E-state index contributed by atoms with van der Waals surface area (Å²) >= 11 is 1.16. The fourth-order valence-corrected chi connectivity index (χ4v) is 3.25. The van der Waals surface area contributed by atoms with Crippen LogP contribution in [0.15, 0.2) is 21.9 Å². The zero-order valence-electron chi connectivity index (χ0n) is 11.3. The molecule has 0 saturated heterocycles. The van der Waals surface area contributed by atoms with Crippen molar-refractivity contribution < 1.29 is 17.6 Å². The first-order valence-electron chi connectivity index (χ1n) is 6.05. The van der Waals surface area contributed by atoms with Crippen LogP contribution in [0.2, 0.25) is 0 Å². The van der Waals surface area contributed by atoms with Crippen molar-refractivity contribution in [3.8, 4) is 11.5 Å². The van der Waals surface area contributed by atoms with Crippen LogP contribution in [0.5, 0.6) is 0 Å². The molecular formula is C11H16N4O4S2. The Morgan fingerprint density at radius 1 is 1.48 bits per heavy atom. The maximum absolute atomic E-state index is 11.7. The molecule has 0 saturated carbocycles. The quantitative estimate of drug-likeness (QED) is 0.614. The highest BCUT2D eigenvalue weighted by Crippen LogP contribution is 2.26. The number of hydrogen-bond acceptors (Lipinski definition) is 7. The van der Waals surface area contributed by atoms with E-state index in [2.05, 4.69) is 14.4 Å². The maximum Gasteiger partial charge on any atom is 0.300 e. The Morgan fingerprint density at radius 2 is 2.29 bits per heavy atom. The molecule has 0 unspecified atom stereocenters. The van der Waals surface area contributed by atoms with Gasteiger partial charge < -0.3 is 14.9 Å². The Balaban J connectivity index is 2.02. The van der Waals surface area contributed by atoms with Gasteiger partial charge in [-0.2, -0.15) is 13.1 Å². The minimum atomic E-state index is -3.66. The van der Waals surface area contributed by atoms with E-state index < -0.39 is 10.2 Å². The van der Waals surface area contributed by atoms with Crippen molar-refractivity contribution >= 4 is 26.7 Å². The number of methoxy groups -OCH3 is 1. The number of nitrogens with one attached hydrogen (secondary N) is 2. The van der Waals surface area contributed by atoms with Gasteiger partial charge in [0.15, 0.2) is 10.9 Å². The molecule has 10 heteroatoms. The summed E-state index contributed by atoms with van der Waals surface area (Å²) in [5, 5.41) is 1.95. The molecule has 8 nitrogen and oxygen atoms in total. The minimum absolute atomic E-state index is 0.183. The minimum Gasteiger partial charge on any atom is -0.458 e. The average molecular weight is 332 g/mol. The maximum atomic E-state index is 11.7. The summed E-state index contributed by atoms with van der Waals surface area (Å²) in [4.78, 5) is 4.16. The van der Waals surface area contributed by atoms with Gasteiger partial charge in [0, 0.05) is 19.0 Å². The highest BCUT2D eigenvalue weighted by molar-refractivity contribution is 7.91. The van der Waals surface area contributed by atoms with Crippen LogP contribution in [0.1, 0.15) is 5.76 Å². The number of nitrogens with zero attached hydrogens (tertiary/aromatic N) is 1. The van der Waals surface area contributed by atoms with Crippen LogP contribution in [0, 0.1) is 0 Å². The summed E-state index contributed by atoms with van der Waals surface area (Å²) in [6.07, 6.45) is 0. The number of aromatic nitrogens is 1. The number of nitrogens with two attached hydrogens (primary N) is 1. The summed E-state index contributed by atoms with van der Waals surface area (Å²) in [6, 6.07) is 3.50. The molecule has 0 aromatic carbocycles. The normalized spacial score (nSPS) is 11.7. The van der Waals surface area contributed by atoms with Crippen LogP contribution in [-0.2, 0) is 21.5 Å². The van der Waals surface area contributed by atoms with Gasteiger partial charge in [0.2, 0.25) is 0 Å². The predicted octanol–water partition coefficient (Wildman–Crippen LogP) is 0.754. The Bertz CT molecular complexity index is 680. The summed E-state index contributed by atoms with van der Waals surface area (Å²) in [5.74, 6) is 1.19. The topological polar surface area (TPSA) is 119 Å². The molecule has 0 spiro atoms. The van der Waals surface area contributed by atoms with Gasteiger partial charge in [-0.05, 0) is 12.1 Å². The van der Waals surface area contributed by atoms with Crippen LogP contribution < -0.4 is 15.2 Å². The van der Waals surface area contributed by atoms with Gasteiger partial charge in [0.25, 0.3) is 0 Å². The van der Waals surface area contributed by atoms with E-state index in [1.54, 1.807) is 17.5 Å². The Morgan fingerprint density at radius 3 is 2.95 bits per heavy atom. The van der Waals surface area contributed by atoms with Gasteiger partial charge in [-0.3, -0.25) is 0 Å². The van der Waals surface area contributed by atoms with E-state index in [1.807, 2.05) is 0 Å². The average Bonchev–Trinajstić information content (AvgIpc) is 3.06. The van der Waals surface area contributed by atoms with Crippen molar-refractivity contribution in [3.05, 3.63) is 23.3 Å². The number of anilines is 1. The second kappa shape index (κ2) is 7.00. The number of hydrogen-bond donors (Lipinski definition) is 3. The van der Waals surface area contributed by atoms with E-state index >= 15 is 0 Å². The molecular weight excluding hydrogens is 316 g/mol. The van der Waals surface area contributed by atoms with Gasteiger partial charge in [-0.25, -0.2) is 9.71 Å². The SMILES string of the molecule is COCCNS(=O)(=O)Nc1nc(-c2ccc(CN)o2)cs1. The summed E-state index contributed by atoms with van der Waals surface area (Å²) < 4.78 is 38.3. The standard InChI is InChI=1S/C11H16N4O4S2/c1-18-5-4-13-21(16,17)15-11-14-9(7-20-11)10-3-2-8(6-12)19-10/h2-3,7,13H,4-6,12H2,1H3,(H,14,15). The lowest BCUT2D eigenvalue weighted by molar-refractivity contribution is 0.204. The van der Waals surface area contributed by atoms with E-state index in [0.29, 0.717) is 23.8 Å².